The SMILES string of the molecule is CC1CSC(Nc2ccc(Br)c(F)c2)=N1. The minimum absolute atomic E-state index is 0.267. The van der Waals surface area contributed by atoms with Crippen molar-refractivity contribution in [2.24, 2.45) is 4.99 Å². The summed E-state index contributed by atoms with van der Waals surface area (Å²) >= 11 is 4.77. The van der Waals surface area contributed by atoms with Gasteiger partial charge in [-0.1, -0.05) is 11.8 Å². The second kappa shape index (κ2) is 4.53. The summed E-state index contributed by atoms with van der Waals surface area (Å²) in [5.74, 6) is 0.720. The van der Waals surface area contributed by atoms with E-state index in [9.17, 15) is 4.39 Å². The second-order valence-corrected chi connectivity index (χ2v) is 5.21. The molecule has 2 rings (SSSR count). The van der Waals surface area contributed by atoms with Crippen LogP contribution in [0.2, 0.25) is 0 Å². The Hall–Kier alpha value is -0.550. The molecule has 1 aromatic rings. The van der Waals surface area contributed by atoms with Crippen LogP contribution in [0.4, 0.5) is 10.1 Å². The Morgan fingerprint density at radius 3 is 3.00 bits per heavy atom. The van der Waals surface area contributed by atoms with Gasteiger partial charge in [-0.25, -0.2) is 4.39 Å². The van der Waals surface area contributed by atoms with Crippen molar-refractivity contribution >= 4 is 38.5 Å². The molecule has 1 aliphatic rings. The number of thioether (sulfide) groups is 1. The van der Waals surface area contributed by atoms with Crippen molar-refractivity contribution in [3.05, 3.63) is 28.5 Å². The van der Waals surface area contributed by atoms with Crippen LogP contribution in [0, 0.1) is 5.82 Å². The smallest absolute Gasteiger partial charge is 0.161 e. The van der Waals surface area contributed by atoms with Gasteiger partial charge in [0.2, 0.25) is 0 Å². The minimum Gasteiger partial charge on any atom is -0.335 e. The Kier molecular flexibility index (Phi) is 3.31. The summed E-state index contributed by atoms with van der Waals surface area (Å²) < 4.78 is 13.7. The molecule has 0 radical (unpaired) electrons. The van der Waals surface area contributed by atoms with Crippen molar-refractivity contribution in [3.63, 3.8) is 0 Å². The number of rotatable bonds is 1. The Labute approximate surface area is 100 Å². The second-order valence-electron chi connectivity index (χ2n) is 3.35. The number of benzene rings is 1. The van der Waals surface area contributed by atoms with Crippen LogP contribution in [-0.2, 0) is 0 Å². The van der Waals surface area contributed by atoms with E-state index in [1.807, 2.05) is 6.07 Å². The highest BCUT2D eigenvalue weighted by atomic mass is 79.9. The molecule has 1 N–H and O–H groups in total. The van der Waals surface area contributed by atoms with E-state index >= 15 is 0 Å². The third kappa shape index (κ3) is 2.72. The summed E-state index contributed by atoms with van der Waals surface area (Å²) in [6.07, 6.45) is 0. The van der Waals surface area contributed by atoms with E-state index in [4.69, 9.17) is 0 Å². The van der Waals surface area contributed by atoms with E-state index in [2.05, 4.69) is 33.2 Å². The molecule has 1 aliphatic heterocycles. The Bertz CT molecular complexity index is 408. The number of aliphatic imine (C=N–C) groups is 1. The fourth-order valence-corrected chi connectivity index (χ4v) is 2.40. The summed E-state index contributed by atoms with van der Waals surface area (Å²) in [4.78, 5) is 4.37. The first-order chi connectivity index (χ1) is 7.15. The zero-order chi connectivity index (χ0) is 10.8. The maximum absolute atomic E-state index is 13.2. The molecule has 1 atom stereocenters. The number of hydrogen-bond acceptors (Lipinski definition) is 3. The van der Waals surface area contributed by atoms with Gasteiger partial charge in [0.25, 0.3) is 0 Å². The van der Waals surface area contributed by atoms with Gasteiger partial charge in [-0.2, -0.15) is 0 Å². The summed E-state index contributed by atoms with van der Waals surface area (Å²) in [6.45, 7) is 2.06. The number of nitrogens with zero attached hydrogens (tertiary/aromatic N) is 1. The van der Waals surface area contributed by atoms with Gasteiger partial charge >= 0.3 is 0 Å². The Morgan fingerprint density at radius 2 is 2.40 bits per heavy atom. The summed E-state index contributed by atoms with van der Waals surface area (Å²) in [5, 5.41) is 3.96. The van der Waals surface area contributed by atoms with E-state index < -0.39 is 0 Å². The standard InChI is InChI=1S/C10H10BrFN2S/c1-6-5-15-10(13-6)14-7-2-3-8(11)9(12)4-7/h2-4,6H,5H2,1H3,(H,13,14). The van der Waals surface area contributed by atoms with Gasteiger partial charge in [-0.3, -0.25) is 4.99 Å². The molecule has 0 saturated carbocycles. The molecule has 5 heteroatoms. The molecule has 0 amide bonds. The molecule has 0 fully saturated rings. The summed E-state index contributed by atoms with van der Waals surface area (Å²) in [7, 11) is 0. The van der Waals surface area contributed by atoms with Crippen molar-refractivity contribution in [2.75, 3.05) is 11.1 Å². The molecule has 0 bridgehead atoms. The van der Waals surface area contributed by atoms with Gasteiger partial charge < -0.3 is 5.32 Å². The maximum Gasteiger partial charge on any atom is 0.161 e. The molecule has 0 aromatic heterocycles. The summed E-state index contributed by atoms with van der Waals surface area (Å²) in [5.41, 5.74) is 0.732. The van der Waals surface area contributed by atoms with Gasteiger partial charge in [-0.05, 0) is 41.1 Å². The van der Waals surface area contributed by atoms with Crippen LogP contribution in [0.15, 0.2) is 27.7 Å². The minimum atomic E-state index is -0.267. The van der Waals surface area contributed by atoms with Crippen LogP contribution in [0.3, 0.4) is 0 Å². The van der Waals surface area contributed by atoms with Crippen LogP contribution in [-0.4, -0.2) is 17.0 Å². The Morgan fingerprint density at radius 1 is 1.60 bits per heavy atom. The van der Waals surface area contributed by atoms with E-state index in [-0.39, 0.29) is 5.82 Å². The van der Waals surface area contributed by atoms with Gasteiger partial charge in [0.15, 0.2) is 5.17 Å². The topological polar surface area (TPSA) is 24.4 Å². The molecule has 1 unspecified atom stereocenters. The fourth-order valence-electron chi connectivity index (χ4n) is 1.24. The third-order valence-electron chi connectivity index (χ3n) is 1.97. The molecule has 1 aromatic carbocycles. The molecule has 1 heterocycles. The van der Waals surface area contributed by atoms with Crippen molar-refractivity contribution in [1.82, 2.24) is 0 Å². The molecular weight excluding hydrogens is 279 g/mol. The van der Waals surface area contributed by atoms with Crippen molar-refractivity contribution in [2.45, 2.75) is 13.0 Å². The van der Waals surface area contributed by atoms with E-state index in [1.165, 1.54) is 6.07 Å². The largest absolute Gasteiger partial charge is 0.335 e. The lowest BCUT2D eigenvalue weighted by Crippen LogP contribution is -2.05. The lowest BCUT2D eigenvalue weighted by atomic mass is 10.3. The molecule has 0 aliphatic carbocycles. The van der Waals surface area contributed by atoms with Gasteiger partial charge in [0.05, 0.1) is 10.5 Å². The molecule has 0 spiro atoms. The highest BCUT2D eigenvalue weighted by Gasteiger charge is 2.13. The number of nitrogens with one attached hydrogen (secondary N) is 1. The molecule has 15 heavy (non-hydrogen) atoms. The number of anilines is 1. The lowest BCUT2D eigenvalue weighted by molar-refractivity contribution is 0.622. The van der Waals surface area contributed by atoms with E-state index in [1.54, 1.807) is 17.8 Å². The highest BCUT2D eigenvalue weighted by Crippen LogP contribution is 2.23. The summed E-state index contributed by atoms with van der Waals surface area (Å²) in [6, 6.07) is 5.30. The number of halogens is 2. The van der Waals surface area contributed by atoms with Crippen LogP contribution >= 0.6 is 27.7 Å². The van der Waals surface area contributed by atoms with Crippen LogP contribution in [0.5, 0.6) is 0 Å². The van der Waals surface area contributed by atoms with Crippen LogP contribution in [0.25, 0.3) is 0 Å². The average Bonchev–Trinajstić information content (AvgIpc) is 2.58. The van der Waals surface area contributed by atoms with Gasteiger partial charge in [-0.15, -0.1) is 0 Å². The third-order valence-corrected chi connectivity index (χ3v) is 3.74. The molecule has 0 saturated heterocycles. The monoisotopic (exact) mass is 288 g/mol. The number of amidine groups is 1. The van der Waals surface area contributed by atoms with E-state index in [0.29, 0.717) is 10.5 Å². The molecular formula is C10H10BrFN2S. The first-order valence-electron chi connectivity index (χ1n) is 4.58. The normalized spacial score (nSPS) is 20.2. The fraction of sp³-hybridized carbons (Fsp3) is 0.300. The first-order valence-corrected chi connectivity index (χ1v) is 6.35. The van der Waals surface area contributed by atoms with Gasteiger partial charge in [0, 0.05) is 11.4 Å². The first kappa shape index (κ1) is 11.0. The van der Waals surface area contributed by atoms with Crippen LogP contribution < -0.4 is 5.32 Å². The van der Waals surface area contributed by atoms with Crippen molar-refractivity contribution in [3.8, 4) is 0 Å². The molecule has 2 nitrogen and oxygen atoms in total. The van der Waals surface area contributed by atoms with Crippen LogP contribution in [0.1, 0.15) is 6.92 Å². The molecule has 80 valence electrons. The van der Waals surface area contributed by atoms with Crippen molar-refractivity contribution < 1.29 is 4.39 Å². The lowest BCUT2D eigenvalue weighted by Gasteiger charge is -2.05. The predicted molar refractivity (Wildman–Crippen MR) is 67.1 cm³/mol. The predicted octanol–water partition coefficient (Wildman–Crippen LogP) is 3.49. The highest BCUT2D eigenvalue weighted by molar-refractivity contribution is 9.10. The zero-order valence-corrected chi connectivity index (χ0v) is 10.5. The average molecular weight is 289 g/mol. The van der Waals surface area contributed by atoms with E-state index in [0.717, 1.165) is 16.6 Å². The zero-order valence-electron chi connectivity index (χ0n) is 8.13. The quantitative estimate of drug-likeness (QED) is 0.855. The van der Waals surface area contributed by atoms with Gasteiger partial charge in [0.1, 0.15) is 5.82 Å². The van der Waals surface area contributed by atoms with Crippen molar-refractivity contribution in [1.29, 1.82) is 0 Å². The number of hydrogen-bond donors (Lipinski definition) is 1. The maximum atomic E-state index is 13.2. The Balaban J connectivity index is 2.11.